The van der Waals surface area contributed by atoms with Crippen LogP contribution in [0.15, 0.2) is 47.1 Å². The Hall–Kier alpha value is -1.72. The highest BCUT2D eigenvalue weighted by atomic mass is 35.5. The Labute approximate surface area is 132 Å². The molecule has 0 unspecified atom stereocenters. The Bertz CT molecular complexity index is 576. The van der Waals surface area contributed by atoms with Crippen molar-refractivity contribution in [3.05, 3.63) is 57.7 Å². The van der Waals surface area contributed by atoms with Crippen molar-refractivity contribution in [3.8, 4) is 0 Å². The molecule has 1 aromatic rings. The third-order valence-electron chi connectivity index (χ3n) is 2.43. The molecule has 0 aliphatic carbocycles. The minimum atomic E-state index is -0.826. The zero-order valence-corrected chi connectivity index (χ0v) is 13.2. The smallest absolute Gasteiger partial charge is 0.373 e. The highest BCUT2D eigenvalue weighted by molar-refractivity contribution is 8.03. The number of allylic oxidation sites excluding steroid dienone is 3. The molecule has 1 rings (SSSR count). The first-order chi connectivity index (χ1) is 9.99. The number of carbonyl (C=O) groups excluding carboxylic acids is 2. The van der Waals surface area contributed by atoms with Crippen molar-refractivity contribution in [2.45, 2.75) is 6.92 Å². The number of hydrogen-bond donors (Lipinski definition) is 1. The topological polar surface area (TPSA) is 63.6 Å². The number of ether oxygens (including phenoxy) is 1. The number of ketones is 1. The molecule has 0 aliphatic rings. The molecule has 112 valence electrons. The summed E-state index contributed by atoms with van der Waals surface area (Å²) in [6.45, 7) is 1.80. The Morgan fingerprint density at radius 3 is 2.43 bits per heavy atom. The molecule has 4 nitrogen and oxygen atoms in total. The summed E-state index contributed by atoms with van der Waals surface area (Å²) in [5, 5.41) is 10.0. The molecule has 6 heteroatoms. The predicted octanol–water partition coefficient (Wildman–Crippen LogP) is 3.77. The molecule has 0 aromatic heterocycles. The first-order valence-electron chi connectivity index (χ1n) is 6.12. The van der Waals surface area contributed by atoms with E-state index in [9.17, 15) is 14.7 Å². The fourth-order valence-corrected chi connectivity index (χ4v) is 2.04. The maximum absolute atomic E-state index is 12.2. The van der Waals surface area contributed by atoms with Crippen LogP contribution in [0.25, 0.3) is 0 Å². The number of hydrogen-bond acceptors (Lipinski definition) is 5. The minimum Gasteiger partial charge on any atom is -0.502 e. The number of thioether (sulfide) groups is 1. The molecule has 0 atom stereocenters. The molecule has 0 saturated heterocycles. The number of esters is 1. The van der Waals surface area contributed by atoms with Crippen LogP contribution in [-0.4, -0.2) is 29.7 Å². The number of Topliss-reactive ketones (excluding diaryl/α,β-unsaturated/α-hetero) is 1. The minimum absolute atomic E-state index is 0.166. The lowest BCUT2D eigenvalue weighted by Crippen LogP contribution is -2.07. The third-order valence-corrected chi connectivity index (χ3v) is 3.44. The standard InChI is InChI=1S/C15H15ClO4S/c1-3-20-15(19)12(17)8-9-13(21-2)14(18)10-4-6-11(16)7-5-10/h4-9,17H,3H2,1-2H3. The van der Waals surface area contributed by atoms with Crippen LogP contribution in [0.2, 0.25) is 5.02 Å². The summed E-state index contributed by atoms with van der Waals surface area (Å²) < 4.78 is 4.64. The van der Waals surface area contributed by atoms with Crippen LogP contribution in [0.4, 0.5) is 0 Å². The Morgan fingerprint density at radius 2 is 1.90 bits per heavy atom. The van der Waals surface area contributed by atoms with Gasteiger partial charge in [0.1, 0.15) is 0 Å². The summed E-state index contributed by atoms with van der Waals surface area (Å²) in [7, 11) is 0. The van der Waals surface area contributed by atoms with E-state index in [4.69, 9.17) is 11.6 Å². The van der Waals surface area contributed by atoms with Crippen molar-refractivity contribution in [2.75, 3.05) is 12.9 Å². The van der Waals surface area contributed by atoms with Crippen LogP contribution in [0, 0.1) is 0 Å². The average Bonchev–Trinajstić information content (AvgIpc) is 2.48. The van der Waals surface area contributed by atoms with Gasteiger partial charge in [0.05, 0.1) is 11.5 Å². The largest absolute Gasteiger partial charge is 0.502 e. The van der Waals surface area contributed by atoms with E-state index in [2.05, 4.69) is 4.74 Å². The van der Waals surface area contributed by atoms with Crippen LogP contribution in [-0.2, 0) is 9.53 Å². The van der Waals surface area contributed by atoms with Gasteiger partial charge in [-0.25, -0.2) is 4.79 Å². The lowest BCUT2D eigenvalue weighted by atomic mass is 10.1. The van der Waals surface area contributed by atoms with Gasteiger partial charge >= 0.3 is 5.97 Å². The molecule has 0 radical (unpaired) electrons. The SMILES string of the molecule is CCOC(=O)C(O)=CC=C(SC)C(=O)c1ccc(Cl)cc1. The van der Waals surface area contributed by atoms with Gasteiger partial charge in [0.2, 0.25) is 5.76 Å². The molecule has 0 amide bonds. The van der Waals surface area contributed by atoms with Gasteiger partial charge in [-0.05, 0) is 49.6 Å². The first-order valence-corrected chi connectivity index (χ1v) is 7.72. The van der Waals surface area contributed by atoms with Crippen molar-refractivity contribution in [1.82, 2.24) is 0 Å². The van der Waals surface area contributed by atoms with Gasteiger partial charge in [-0.2, -0.15) is 0 Å². The van der Waals surface area contributed by atoms with E-state index in [-0.39, 0.29) is 12.4 Å². The summed E-state index contributed by atoms with van der Waals surface area (Å²) in [6.07, 6.45) is 4.26. The fourth-order valence-electron chi connectivity index (χ4n) is 1.41. The lowest BCUT2D eigenvalue weighted by Gasteiger charge is -2.03. The molecule has 0 saturated carbocycles. The van der Waals surface area contributed by atoms with E-state index in [1.54, 1.807) is 37.4 Å². The number of aliphatic hydroxyl groups is 1. The van der Waals surface area contributed by atoms with E-state index in [1.807, 2.05) is 0 Å². The second-order valence-corrected chi connectivity index (χ2v) is 5.13. The summed E-state index contributed by atoms with van der Waals surface area (Å²) in [6, 6.07) is 6.48. The maximum atomic E-state index is 12.2. The van der Waals surface area contributed by atoms with E-state index >= 15 is 0 Å². The van der Waals surface area contributed by atoms with Gasteiger partial charge in [0.25, 0.3) is 0 Å². The molecule has 0 fully saturated rings. The molecule has 0 spiro atoms. The Kier molecular flexibility index (Phi) is 7.05. The van der Waals surface area contributed by atoms with Gasteiger partial charge in [-0.1, -0.05) is 11.6 Å². The van der Waals surface area contributed by atoms with Crippen molar-refractivity contribution in [3.63, 3.8) is 0 Å². The number of aliphatic hydroxyl groups excluding tert-OH is 1. The van der Waals surface area contributed by atoms with Gasteiger partial charge in [-0.15, -0.1) is 11.8 Å². The molecule has 0 heterocycles. The van der Waals surface area contributed by atoms with E-state index < -0.39 is 11.7 Å². The van der Waals surface area contributed by atoms with Crippen molar-refractivity contribution in [1.29, 1.82) is 0 Å². The average molecular weight is 327 g/mol. The van der Waals surface area contributed by atoms with Gasteiger partial charge in [0.15, 0.2) is 5.78 Å². The van der Waals surface area contributed by atoms with Gasteiger partial charge in [0, 0.05) is 10.6 Å². The number of carbonyl (C=O) groups is 2. The highest BCUT2D eigenvalue weighted by Gasteiger charge is 2.12. The zero-order valence-electron chi connectivity index (χ0n) is 11.6. The van der Waals surface area contributed by atoms with Crippen LogP contribution >= 0.6 is 23.4 Å². The summed E-state index contributed by atoms with van der Waals surface area (Å²) in [5.41, 5.74) is 0.476. The normalized spacial score (nSPS) is 12.1. The molecule has 1 aromatic carbocycles. The second-order valence-electron chi connectivity index (χ2n) is 3.84. The summed E-state index contributed by atoms with van der Waals surface area (Å²) >= 11 is 6.99. The molecule has 0 bridgehead atoms. The highest BCUT2D eigenvalue weighted by Crippen LogP contribution is 2.20. The first kappa shape index (κ1) is 17.3. The molecule has 0 aliphatic heterocycles. The number of rotatable bonds is 6. The molecular formula is C15H15ClO4S. The third kappa shape index (κ3) is 5.28. The van der Waals surface area contributed by atoms with Gasteiger partial charge in [-0.3, -0.25) is 4.79 Å². The van der Waals surface area contributed by atoms with Gasteiger partial charge < -0.3 is 9.84 Å². The lowest BCUT2D eigenvalue weighted by molar-refractivity contribution is -0.141. The second kappa shape index (κ2) is 8.54. The summed E-state index contributed by atoms with van der Waals surface area (Å²) in [5.74, 6) is -1.59. The molecule has 1 N–H and O–H groups in total. The Balaban J connectivity index is 2.93. The molecule has 21 heavy (non-hydrogen) atoms. The fraction of sp³-hybridized carbons (Fsp3) is 0.200. The molecular weight excluding hydrogens is 312 g/mol. The van der Waals surface area contributed by atoms with Crippen molar-refractivity contribution >= 4 is 35.1 Å². The zero-order chi connectivity index (χ0) is 15.8. The van der Waals surface area contributed by atoms with E-state index in [0.717, 1.165) is 6.08 Å². The Morgan fingerprint density at radius 1 is 1.29 bits per heavy atom. The summed E-state index contributed by atoms with van der Waals surface area (Å²) in [4.78, 5) is 23.9. The number of benzene rings is 1. The van der Waals surface area contributed by atoms with Crippen molar-refractivity contribution in [2.24, 2.45) is 0 Å². The van der Waals surface area contributed by atoms with Crippen molar-refractivity contribution < 1.29 is 19.4 Å². The quantitative estimate of drug-likeness (QED) is 0.283. The van der Waals surface area contributed by atoms with E-state index in [1.165, 1.54) is 17.8 Å². The van der Waals surface area contributed by atoms with Crippen LogP contribution in [0.3, 0.4) is 0 Å². The van der Waals surface area contributed by atoms with Crippen LogP contribution in [0.5, 0.6) is 0 Å². The van der Waals surface area contributed by atoms with Crippen LogP contribution in [0.1, 0.15) is 17.3 Å². The number of halogens is 1. The van der Waals surface area contributed by atoms with Crippen LogP contribution < -0.4 is 0 Å². The predicted molar refractivity (Wildman–Crippen MR) is 84.7 cm³/mol. The van der Waals surface area contributed by atoms with E-state index in [0.29, 0.717) is 15.5 Å². The maximum Gasteiger partial charge on any atom is 0.373 e. The monoisotopic (exact) mass is 326 g/mol.